The number of hydrogen-bond donors (Lipinski definition) is 0. The summed E-state index contributed by atoms with van der Waals surface area (Å²) in [5, 5.41) is 8.51. The maximum atomic E-state index is 13.8. The van der Waals surface area contributed by atoms with Crippen molar-refractivity contribution in [1.29, 1.82) is 5.26 Å². The van der Waals surface area contributed by atoms with Gasteiger partial charge in [-0.15, -0.1) is 0 Å². The quantitative estimate of drug-likeness (QED) is 0.848. The van der Waals surface area contributed by atoms with Gasteiger partial charge in [0.25, 0.3) is 0 Å². The Morgan fingerprint density at radius 3 is 2.75 bits per heavy atom. The average molecular weight is 293 g/mol. The lowest BCUT2D eigenvalue weighted by Gasteiger charge is -2.06. The molecule has 104 valence electrons. The van der Waals surface area contributed by atoms with Gasteiger partial charge in [0.05, 0.1) is 18.2 Å². The van der Waals surface area contributed by atoms with E-state index < -0.39 is 15.7 Å². The van der Waals surface area contributed by atoms with Gasteiger partial charge in [0.2, 0.25) is 0 Å². The highest BCUT2D eigenvalue weighted by molar-refractivity contribution is 7.89. The Hall–Kier alpha value is -2.00. The number of sulfone groups is 1. The summed E-state index contributed by atoms with van der Waals surface area (Å²) in [7, 11) is -3.32. The molecule has 20 heavy (non-hydrogen) atoms. The molecule has 2 rings (SSSR count). The number of halogens is 1. The van der Waals surface area contributed by atoms with E-state index in [9.17, 15) is 17.6 Å². The first-order valence-electron chi connectivity index (χ1n) is 5.90. The van der Waals surface area contributed by atoms with E-state index in [2.05, 4.69) is 0 Å². The Labute approximate surface area is 116 Å². The summed E-state index contributed by atoms with van der Waals surface area (Å²) >= 11 is 0. The van der Waals surface area contributed by atoms with Crippen LogP contribution in [0.5, 0.6) is 0 Å². The van der Waals surface area contributed by atoms with Crippen molar-refractivity contribution in [2.75, 3.05) is 6.26 Å². The van der Waals surface area contributed by atoms with Crippen LogP contribution in [0.15, 0.2) is 17.7 Å². The van der Waals surface area contributed by atoms with Crippen LogP contribution in [0.25, 0.3) is 6.08 Å². The first-order valence-corrected chi connectivity index (χ1v) is 7.96. The Morgan fingerprint density at radius 1 is 1.45 bits per heavy atom. The number of Topliss-reactive ketones (excluding diaryl/α,β-unsaturated/α-hetero) is 1. The molecule has 0 saturated heterocycles. The van der Waals surface area contributed by atoms with Gasteiger partial charge in [-0.1, -0.05) is 6.07 Å². The van der Waals surface area contributed by atoms with Crippen LogP contribution in [0, 0.1) is 17.1 Å². The van der Waals surface area contributed by atoms with Gasteiger partial charge >= 0.3 is 0 Å². The summed E-state index contributed by atoms with van der Waals surface area (Å²) in [6.45, 7) is 0. The number of rotatable bonds is 4. The summed E-state index contributed by atoms with van der Waals surface area (Å²) in [6.07, 6.45) is 2.70. The molecule has 0 spiro atoms. The zero-order valence-corrected chi connectivity index (χ0v) is 11.6. The number of carbonyl (C=O) groups excluding carboxylic acids is 1. The third kappa shape index (κ3) is 3.11. The van der Waals surface area contributed by atoms with Crippen molar-refractivity contribution >= 4 is 21.7 Å². The molecule has 0 fully saturated rings. The monoisotopic (exact) mass is 293 g/mol. The molecule has 0 heterocycles. The van der Waals surface area contributed by atoms with Crippen molar-refractivity contribution in [3.05, 3.63) is 40.2 Å². The molecule has 6 heteroatoms. The van der Waals surface area contributed by atoms with Crippen molar-refractivity contribution < 1.29 is 17.6 Å². The number of allylic oxidation sites excluding steroid dienone is 1. The van der Waals surface area contributed by atoms with Crippen molar-refractivity contribution in [1.82, 2.24) is 0 Å². The van der Waals surface area contributed by atoms with Crippen LogP contribution in [-0.4, -0.2) is 20.5 Å². The second-order valence-electron chi connectivity index (χ2n) is 4.82. The molecule has 1 aromatic carbocycles. The molecule has 0 unspecified atom stereocenters. The van der Waals surface area contributed by atoms with Crippen LogP contribution < -0.4 is 0 Å². The fraction of sp³-hybridized carbons (Fsp3) is 0.286. The smallest absolute Gasteiger partial charge is 0.173 e. The maximum absolute atomic E-state index is 13.8. The van der Waals surface area contributed by atoms with Crippen LogP contribution in [0.2, 0.25) is 0 Å². The van der Waals surface area contributed by atoms with E-state index in [1.54, 1.807) is 12.1 Å². The number of nitriles is 1. The number of carbonyl (C=O) groups is 1. The van der Waals surface area contributed by atoms with Gasteiger partial charge in [-0.3, -0.25) is 4.79 Å². The molecule has 0 saturated carbocycles. The topological polar surface area (TPSA) is 75.0 Å². The molecule has 0 aromatic heterocycles. The van der Waals surface area contributed by atoms with Crippen molar-refractivity contribution in [2.24, 2.45) is 0 Å². The van der Waals surface area contributed by atoms with E-state index >= 15 is 0 Å². The Morgan fingerprint density at radius 2 is 2.15 bits per heavy atom. The van der Waals surface area contributed by atoms with Crippen molar-refractivity contribution in [3.63, 3.8) is 0 Å². The predicted octanol–water partition coefficient (Wildman–Crippen LogP) is 1.79. The number of fused-ring (bicyclic) bond motifs is 1. The summed E-state index contributed by atoms with van der Waals surface area (Å²) in [5.41, 5.74) is 1.85. The summed E-state index contributed by atoms with van der Waals surface area (Å²) < 4.78 is 36.3. The third-order valence-corrected chi connectivity index (χ3v) is 3.87. The Bertz CT molecular complexity index is 757. The van der Waals surface area contributed by atoms with Crippen LogP contribution in [-0.2, 0) is 26.8 Å². The molecule has 4 nitrogen and oxygen atoms in total. The van der Waals surface area contributed by atoms with Crippen LogP contribution in [0.1, 0.15) is 23.1 Å². The lowest BCUT2D eigenvalue weighted by Crippen LogP contribution is -2.04. The van der Waals surface area contributed by atoms with E-state index in [4.69, 9.17) is 5.26 Å². The highest BCUT2D eigenvalue weighted by atomic mass is 32.2. The number of ketones is 1. The standard InChI is InChI=1S/C14H12FNO3S/c1-20(18,19)8-12-6-9-4-11(14(17)2-3-16)5-10(9)7-13(12)15/h5-7H,2,4,8H2,1H3. The summed E-state index contributed by atoms with van der Waals surface area (Å²) in [4.78, 5) is 11.6. The lowest BCUT2D eigenvalue weighted by atomic mass is 10.0. The number of benzene rings is 1. The van der Waals surface area contributed by atoms with E-state index in [0.717, 1.165) is 6.26 Å². The fourth-order valence-corrected chi connectivity index (χ4v) is 2.96. The fourth-order valence-electron chi connectivity index (χ4n) is 2.17. The molecule has 1 aliphatic carbocycles. The predicted molar refractivity (Wildman–Crippen MR) is 71.9 cm³/mol. The first-order chi connectivity index (χ1) is 9.30. The molecule has 0 radical (unpaired) electrons. The first kappa shape index (κ1) is 14.4. The minimum Gasteiger partial charge on any atom is -0.293 e. The van der Waals surface area contributed by atoms with Crippen molar-refractivity contribution in [3.8, 4) is 6.07 Å². The van der Waals surface area contributed by atoms with E-state index in [-0.39, 0.29) is 23.5 Å². The van der Waals surface area contributed by atoms with Gasteiger partial charge in [0.15, 0.2) is 15.6 Å². The minimum absolute atomic E-state index is 0.105. The van der Waals surface area contributed by atoms with Gasteiger partial charge in [-0.25, -0.2) is 12.8 Å². The molecule has 0 amide bonds. The van der Waals surface area contributed by atoms with E-state index in [0.29, 0.717) is 23.1 Å². The third-order valence-electron chi connectivity index (χ3n) is 3.03. The lowest BCUT2D eigenvalue weighted by molar-refractivity contribution is -0.114. The molecular weight excluding hydrogens is 281 g/mol. The van der Waals surface area contributed by atoms with Crippen LogP contribution >= 0.6 is 0 Å². The van der Waals surface area contributed by atoms with Crippen LogP contribution in [0.3, 0.4) is 0 Å². The van der Waals surface area contributed by atoms with Gasteiger partial charge in [0, 0.05) is 23.8 Å². The normalized spacial score (nSPS) is 13.6. The summed E-state index contributed by atoms with van der Waals surface area (Å²) in [6, 6.07) is 4.50. The largest absolute Gasteiger partial charge is 0.293 e. The molecule has 0 aliphatic heterocycles. The Kier molecular flexibility index (Phi) is 3.73. The highest BCUT2D eigenvalue weighted by Gasteiger charge is 2.21. The average Bonchev–Trinajstić information content (AvgIpc) is 2.71. The Balaban J connectivity index is 2.32. The molecular formula is C14H12FNO3S. The zero-order valence-electron chi connectivity index (χ0n) is 10.8. The van der Waals surface area contributed by atoms with E-state index in [1.165, 1.54) is 12.1 Å². The molecule has 1 aliphatic rings. The molecule has 0 bridgehead atoms. The SMILES string of the molecule is CS(=O)(=O)Cc1cc2c(cc1F)C=C(C(=O)CC#N)C2. The van der Waals surface area contributed by atoms with E-state index in [1.807, 2.05) is 0 Å². The van der Waals surface area contributed by atoms with Gasteiger partial charge in [-0.05, 0) is 23.3 Å². The van der Waals surface area contributed by atoms with Crippen molar-refractivity contribution in [2.45, 2.75) is 18.6 Å². The van der Waals surface area contributed by atoms with Gasteiger partial charge < -0.3 is 0 Å². The van der Waals surface area contributed by atoms with Gasteiger partial charge in [-0.2, -0.15) is 5.26 Å². The number of hydrogen-bond acceptors (Lipinski definition) is 4. The minimum atomic E-state index is -3.32. The second kappa shape index (κ2) is 5.17. The molecule has 0 N–H and O–H groups in total. The molecule has 0 atom stereocenters. The highest BCUT2D eigenvalue weighted by Crippen LogP contribution is 2.29. The zero-order chi connectivity index (χ0) is 14.9. The maximum Gasteiger partial charge on any atom is 0.173 e. The summed E-state index contributed by atoms with van der Waals surface area (Å²) in [5.74, 6) is -1.25. The molecule has 1 aromatic rings. The second-order valence-corrected chi connectivity index (χ2v) is 6.96. The van der Waals surface area contributed by atoms with Gasteiger partial charge in [0.1, 0.15) is 5.82 Å². The number of nitrogens with zero attached hydrogens (tertiary/aromatic N) is 1. The van der Waals surface area contributed by atoms with Crippen LogP contribution in [0.4, 0.5) is 4.39 Å².